The number of aromatic amines is 1. The Labute approximate surface area is 417 Å². The molecular weight excluding hydrogens is 1000 g/mol. The summed E-state index contributed by atoms with van der Waals surface area (Å²) >= 11 is 2.28. The number of aromatic nitrogens is 2. The van der Waals surface area contributed by atoms with Gasteiger partial charge in [0.15, 0.2) is 0 Å². The number of nitro groups is 2. The zero-order valence-corrected chi connectivity index (χ0v) is 39.6. The lowest BCUT2D eigenvalue weighted by molar-refractivity contribution is -0.382. The van der Waals surface area contributed by atoms with Crippen molar-refractivity contribution >= 4 is 121 Å². The maximum absolute atomic E-state index is 12.7. The van der Waals surface area contributed by atoms with E-state index < -0.39 is 0 Å². The molecule has 4 heterocycles. The summed E-state index contributed by atoms with van der Waals surface area (Å²) in [6, 6.07) is 70.5. The highest BCUT2D eigenvalue weighted by Crippen LogP contribution is 2.46. The second kappa shape index (κ2) is 17.8. The first-order valence-electron chi connectivity index (χ1n) is 22.8. The standard InChI is InChI=1S/C30H18N2O3.C24H14N2O3.C6H5I/c33-32(34)29-23(25-14-8-13-24-21-12-5-7-16-27(21)35-30(24)25)18-17-22-20-11-4-6-15-26(20)31(28(22)29)19-9-2-1-3-10-19;27-26(28)23-17(13-12-16-14-6-1-3-10-20(14)25-22(16)23)19-9-5-8-18-15-7-2-4-11-21(15)29-24(18)19;7-6-4-2-1-3-5-6/h1-18H;1-13,25H;1-5H. The van der Waals surface area contributed by atoms with Gasteiger partial charge in [-0.15, -0.1) is 0 Å². The van der Waals surface area contributed by atoms with Gasteiger partial charge < -0.3 is 18.4 Å². The van der Waals surface area contributed by atoms with Gasteiger partial charge in [0.05, 0.1) is 26.5 Å². The number of furan rings is 2. The van der Waals surface area contributed by atoms with Crippen molar-refractivity contribution in [1.29, 1.82) is 0 Å². The lowest BCUT2D eigenvalue weighted by Crippen LogP contribution is -1.99. The lowest BCUT2D eigenvalue weighted by atomic mass is 9.98. The summed E-state index contributed by atoms with van der Waals surface area (Å²) in [6.45, 7) is 0. The molecule has 340 valence electrons. The van der Waals surface area contributed by atoms with Gasteiger partial charge >= 0.3 is 11.4 Å². The highest BCUT2D eigenvalue weighted by atomic mass is 127. The minimum Gasteiger partial charge on any atom is -0.455 e. The Kier molecular flexibility index (Phi) is 10.8. The molecule has 10 nitrogen and oxygen atoms in total. The van der Waals surface area contributed by atoms with E-state index in [9.17, 15) is 20.2 Å². The van der Waals surface area contributed by atoms with Crippen LogP contribution in [0.25, 0.3) is 115 Å². The molecule has 0 radical (unpaired) electrons. The van der Waals surface area contributed by atoms with Crippen molar-refractivity contribution in [2.24, 2.45) is 0 Å². The van der Waals surface area contributed by atoms with Crippen molar-refractivity contribution in [3.63, 3.8) is 0 Å². The van der Waals surface area contributed by atoms with Crippen LogP contribution in [0.3, 0.4) is 0 Å². The number of halogens is 1. The van der Waals surface area contributed by atoms with Gasteiger partial charge in [0, 0.05) is 69.0 Å². The molecule has 4 aromatic heterocycles. The zero-order chi connectivity index (χ0) is 48.2. The number of hydrogen-bond donors (Lipinski definition) is 1. The van der Waals surface area contributed by atoms with Crippen molar-refractivity contribution in [2.75, 3.05) is 0 Å². The Morgan fingerprint density at radius 1 is 0.408 bits per heavy atom. The number of nitrogens with one attached hydrogen (secondary N) is 1. The zero-order valence-electron chi connectivity index (χ0n) is 37.5. The number of nitro benzene ring substituents is 2. The average molecular weight is 1040 g/mol. The van der Waals surface area contributed by atoms with E-state index >= 15 is 0 Å². The van der Waals surface area contributed by atoms with Gasteiger partial charge in [0.25, 0.3) is 0 Å². The Balaban J connectivity index is 0.000000130. The van der Waals surface area contributed by atoms with Crippen LogP contribution < -0.4 is 0 Å². The number of H-pyrrole nitrogens is 1. The number of benzene rings is 10. The second-order valence-electron chi connectivity index (χ2n) is 17.0. The van der Waals surface area contributed by atoms with Gasteiger partial charge in [-0.25, -0.2) is 0 Å². The minimum atomic E-state index is -0.311. The lowest BCUT2D eigenvalue weighted by Gasteiger charge is -2.10. The Morgan fingerprint density at radius 2 is 0.887 bits per heavy atom. The first-order valence-corrected chi connectivity index (χ1v) is 23.9. The van der Waals surface area contributed by atoms with Crippen molar-refractivity contribution in [3.05, 3.63) is 242 Å². The summed E-state index contributed by atoms with van der Waals surface area (Å²) in [5, 5.41) is 32.4. The number of hydrogen-bond acceptors (Lipinski definition) is 6. The van der Waals surface area contributed by atoms with Gasteiger partial charge in [0.1, 0.15) is 33.4 Å². The largest absolute Gasteiger partial charge is 0.455 e. The molecule has 0 saturated heterocycles. The molecule has 0 saturated carbocycles. The molecule has 0 aliphatic rings. The summed E-state index contributed by atoms with van der Waals surface area (Å²) < 4.78 is 15.6. The van der Waals surface area contributed by atoms with Gasteiger partial charge in [-0.1, -0.05) is 158 Å². The van der Waals surface area contributed by atoms with E-state index in [1.165, 1.54) is 3.57 Å². The van der Waals surface area contributed by atoms with Crippen LogP contribution in [0.1, 0.15) is 0 Å². The van der Waals surface area contributed by atoms with Crippen LogP contribution in [0.2, 0.25) is 0 Å². The molecule has 11 heteroatoms. The first-order chi connectivity index (χ1) is 34.8. The van der Waals surface area contributed by atoms with Gasteiger partial charge in [-0.05, 0) is 83.3 Å². The third-order valence-electron chi connectivity index (χ3n) is 13.0. The van der Waals surface area contributed by atoms with E-state index in [1.807, 2.05) is 211 Å². The summed E-state index contributed by atoms with van der Waals surface area (Å²) in [4.78, 5) is 27.6. The molecule has 0 spiro atoms. The molecule has 0 atom stereocenters. The van der Waals surface area contributed by atoms with Crippen LogP contribution in [0.15, 0.2) is 227 Å². The second-order valence-corrected chi connectivity index (χ2v) is 18.2. The molecule has 0 bridgehead atoms. The Bertz CT molecular complexity index is 4380. The van der Waals surface area contributed by atoms with Crippen molar-refractivity contribution in [2.45, 2.75) is 0 Å². The van der Waals surface area contributed by atoms with E-state index in [0.29, 0.717) is 44.5 Å². The fraction of sp³-hybridized carbons (Fsp3) is 0. The summed E-state index contributed by atoms with van der Waals surface area (Å²) in [5.74, 6) is 0. The highest BCUT2D eigenvalue weighted by Gasteiger charge is 2.29. The van der Waals surface area contributed by atoms with Gasteiger partial charge in [-0.3, -0.25) is 20.2 Å². The molecule has 0 amide bonds. The molecule has 0 unspecified atom stereocenters. The van der Waals surface area contributed by atoms with E-state index in [0.717, 1.165) is 71.0 Å². The van der Waals surface area contributed by atoms with Crippen molar-refractivity contribution in [3.8, 4) is 27.9 Å². The Morgan fingerprint density at radius 3 is 1.46 bits per heavy atom. The molecular formula is C60H37IN4O6. The van der Waals surface area contributed by atoms with Crippen LogP contribution in [0.5, 0.6) is 0 Å². The maximum Gasteiger partial charge on any atom is 0.301 e. The van der Waals surface area contributed by atoms with E-state index in [-0.39, 0.29) is 21.2 Å². The monoisotopic (exact) mass is 1040 g/mol. The smallest absolute Gasteiger partial charge is 0.301 e. The van der Waals surface area contributed by atoms with Crippen LogP contribution in [0, 0.1) is 23.8 Å². The fourth-order valence-corrected chi connectivity index (χ4v) is 10.3. The number of rotatable bonds is 5. The molecule has 1 N–H and O–H groups in total. The van der Waals surface area contributed by atoms with Crippen LogP contribution in [-0.2, 0) is 0 Å². The molecule has 10 aromatic carbocycles. The minimum absolute atomic E-state index is 0.0617. The number of nitrogens with zero attached hydrogens (tertiary/aromatic N) is 3. The van der Waals surface area contributed by atoms with Crippen molar-refractivity contribution < 1.29 is 18.7 Å². The van der Waals surface area contributed by atoms with E-state index in [1.54, 1.807) is 0 Å². The molecule has 0 fully saturated rings. The van der Waals surface area contributed by atoms with Gasteiger partial charge in [-0.2, -0.15) is 0 Å². The van der Waals surface area contributed by atoms with Gasteiger partial charge in [0.2, 0.25) is 0 Å². The van der Waals surface area contributed by atoms with Crippen LogP contribution in [0.4, 0.5) is 11.4 Å². The highest BCUT2D eigenvalue weighted by molar-refractivity contribution is 14.1. The summed E-state index contributed by atoms with van der Waals surface area (Å²) in [5.41, 5.74) is 9.25. The summed E-state index contributed by atoms with van der Waals surface area (Å²) in [6.07, 6.45) is 0. The molecule has 0 aliphatic heterocycles. The molecule has 14 rings (SSSR count). The first kappa shape index (κ1) is 43.2. The van der Waals surface area contributed by atoms with Crippen LogP contribution in [-0.4, -0.2) is 19.4 Å². The van der Waals surface area contributed by atoms with E-state index in [4.69, 9.17) is 8.83 Å². The number of fused-ring (bicyclic) bond motifs is 12. The molecule has 71 heavy (non-hydrogen) atoms. The quantitative estimate of drug-likeness (QED) is 0.104. The number of para-hydroxylation sites is 7. The average Bonchev–Trinajstić information content (AvgIpc) is 4.18. The summed E-state index contributed by atoms with van der Waals surface area (Å²) in [7, 11) is 0. The predicted octanol–water partition coefficient (Wildman–Crippen LogP) is 17.3. The molecule has 14 aromatic rings. The van der Waals surface area contributed by atoms with Crippen molar-refractivity contribution in [1.82, 2.24) is 9.55 Å². The topological polar surface area (TPSA) is 133 Å². The SMILES string of the molecule is Ic1ccccc1.O=[N+]([O-])c1c(-c2cccc3c2oc2ccccc23)ccc2c1[nH]c1ccccc12.O=[N+]([O-])c1c(-c2cccc3c2oc2ccccc23)ccc2c3ccccc3n(-c3ccccc3)c12. The third-order valence-corrected chi connectivity index (χ3v) is 13.7. The van der Waals surface area contributed by atoms with E-state index in [2.05, 4.69) is 39.7 Å². The molecule has 0 aliphatic carbocycles. The van der Waals surface area contributed by atoms with Crippen LogP contribution >= 0.6 is 22.6 Å². The third kappa shape index (κ3) is 7.41. The Hall–Kier alpha value is -9.07. The fourth-order valence-electron chi connectivity index (χ4n) is 9.93. The predicted molar refractivity (Wildman–Crippen MR) is 294 cm³/mol. The maximum atomic E-state index is 12.7. The normalized spacial score (nSPS) is 11.4.